The van der Waals surface area contributed by atoms with Crippen LogP contribution in [0.2, 0.25) is 0 Å². The third-order valence-electron chi connectivity index (χ3n) is 4.33. The van der Waals surface area contributed by atoms with Crippen LogP contribution in [-0.2, 0) is 12.8 Å². The molecule has 2 rings (SSSR count). The molecule has 0 bridgehead atoms. The Hall–Kier alpha value is -1.06. The second-order valence-corrected chi connectivity index (χ2v) is 5.45. The van der Waals surface area contributed by atoms with Gasteiger partial charge in [0.2, 0.25) is 0 Å². The van der Waals surface area contributed by atoms with Crippen LogP contribution in [0.3, 0.4) is 0 Å². The zero-order valence-corrected chi connectivity index (χ0v) is 12.5. The van der Waals surface area contributed by atoms with Gasteiger partial charge in [-0.2, -0.15) is 0 Å². The Labute approximate surface area is 117 Å². The van der Waals surface area contributed by atoms with Gasteiger partial charge in [0.15, 0.2) is 0 Å². The summed E-state index contributed by atoms with van der Waals surface area (Å²) < 4.78 is 0. The quantitative estimate of drug-likeness (QED) is 0.898. The summed E-state index contributed by atoms with van der Waals surface area (Å²) in [6, 6.07) is 7.20. The van der Waals surface area contributed by atoms with Crippen molar-refractivity contribution >= 4 is 5.69 Å². The van der Waals surface area contributed by atoms with Gasteiger partial charge in [0.1, 0.15) is 0 Å². The van der Waals surface area contributed by atoms with Gasteiger partial charge in [-0.15, -0.1) is 0 Å². The first-order chi connectivity index (χ1) is 9.21. The summed E-state index contributed by atoms with van der Waals surface area (Å²) in [5, 5.41) is 0. The fraction of sp³-hybridized carbons (Fsp3) is 0.625. The SMILES string of the molecule is CCc1cccc(CC)c1N1CCN(C)C(CN)C1. The summed E-state index contributed by atoms with van der Waals surface area (Å²) in [5.74, 6) is 0. The normalized spacial score (nSPS) is 20.8. The Morgan fingerprint density at radius 1 is 1.16 bits per heavy atom. The number of para-hydroxylation sites is 1. The lowest BCUT2D eigenvalue weighted by molar-refractivity contribution is 0.223. The highest BCUT2D eigenvalue weighted by molar-refractivity contribution is 5.60. The molecule has 1 aliphatic rings. The van der Waals surface area contributed by atoms with E-state index in [4.69, 9.17) is 5.73 Å². The van der Waals surface area contributed by atoms with Crippen molar-refractivity contribution in [1.29, 1.82) is 0 Å². The first kappa shape index (κ1) is 14.4. The fourth-order valence-corrected chi connectivity index (χ4v) is 3.02. The number of nitrogens with zero attached hydrogens (tertiary/aromatic N) is 2. The van der Waals surface area contributed by atoms with E-state index < -0.39 is 0 Å². The van der Waals surface area contributed by atoms with E-state index in [1.54, 1.807) is 0 Å². The Kier molecular flexibility index (Phi) is 4.83. The molecule has 1 unspecified atom stereocenters. The summed E-state index contributed by atoms with van der Waals surface area (Å²) in [4.78, 5) is 4.94. The molecule has 0 aromatic heterocycles. The van der Waals surface area contributed by atoms with Crippen molar-refractivity contribution in [2.45, 2.75) is 32.7 Å². The van der Waals surface area contributed by atoms with E-state index in [2.05, 4.69) is 48.9 Å². The number of likely N-dealkylation sites (N-methyl/N-ethyl adjacent to an activating group) is 1. The molecule has 0 amide bonds. The van der Waals surface area contributed by atoms with E-state index >= 15 is 0 Å². The second kappa shape index (κ2) is 6.40. The highest BCUT2D eigenvalue weighted by Gasteiger charge is 2.25. The minimum absolute atomic E-state index is 0.475. The van der Waals surface area contributed by atoms with Crippen LogP contribution >= 0.6 is 0 Å². The number of benzene rings is 1. The summed E-state index contributed by atoms with van der Waals surface area (Å²) in [6.07, 6.45) is 2.20. The molecule has 19 heavy (non-hydrogen) atoms. The number of aryl methyl sites for hydroxylation is 2. The molecule has 1 atom stereocenters. The van der Waals surface area contributed by atoms with Crippen LogP contribution in [-0.4, -0.2) is 44.2 Å². The molecule has 1 aliphatic heterocycles. The molecule has 1 fully saturated rings. The number of piperazine rings is 1. The Balaban J connectivity index is 2.30. The van der Waals surface area contributed by atoms with Crippen molar-refractivity contribution < 1.29 is 0 Å². The van der Waals surface area contributed by atoms with Crippen molar-refractivity contribution in [3.63, 3.8) is 0 Å². The number of rotatable bonds is 4. The van der Waals surface area contributed by atoms with Crippen LogP contribution in [0.5, 0.6) is 0 Å². The number of nitrogens with two attached hydrogens (primary N) is 1. The van der Waals surface area contributed by atoms with Crippen LogP contribution in [0, 0.1) is 0 Å². The molecular formula is C16H27N3. The zero-order chi connectivity index (χ0) is 13.8. The van der Waals surface area contributed by atoms with Gasteiger partial charge in [-0.05, 0) is 31.0 Å². The van der Waals surface area contributed by atoms with Crippen molar-refractivity contribution in [1.82, 2.24) is 4.90 Å². The minimum atomic E-state index is 0.475. The van der Waals surface area contributed by atoms with Gasteiger partial charge in [-0.3, -0.25) is 4.90 Å². The van der Waals surface area contributed by atoms with E-state index in [0.717, 1.165) is 39.0 Å². The Bertz CT molecular complexity index is 394. The number of hydrogen-bond acceptors (Lipinski definition) is 3. The molecular weight excluding hydrogens is 234 g/mol. The van der Waals surface area contributed by atoms with Crippen molar-refractivity contribution in [3.8, 4) is 0 Å². The molecule has 1 aromatic rings. The van der Waals surface area contributed by atoms with Gasteiger partial charge in [-0.1, -0.05) is 32.0 Å². The first-order valence-corrected chi connectivity index (χ1v) is 7.47. The minimum Gasteiger partial charge on any atom is -0.368 e. The van der Waals surface area contributed by atoms with Gasteiger partial charge in [0.05, 0.1) is 0 Å². The lowest BCUT2D eigenvalue weighted by Gasteiger charge is -2.41. The van der Waals surface area contributed by atoms with Gasteiger partial charge in [-0.25, -0.2) is 0 Å². The second-order valence-electron chi connectivity index (χ2n) is 5.45. The van der Waals surface area contributed by atoms with Crippen LogP contribution in [0.25, 0.3) is 0 Å². The average molecular weight is 261 g/mol. The molecule has 2 N–H and O–H groups in total. The maximum absolute atomic E-state index is 5.91. The lowest BCUT2D eigenvalue weighted by Crippen LogP contribution is -2.54. The highest BCUT2D eigenvalue weighted by Crippen LogP contribution is 2.28. The van der Waals surface area contributed by atoms with E-state index in [-0.39, 0.29) is 0 Å². The zero-order valence-electron chi connectivity index (χ0n) is 12.5. The van der Waals surface area contributed by atoms with E-state index in [1.165, 1.54) is 16.8 Å². The standard InChI is InChI=1S/C16H27N3/c1-4-13-7-6-8-14(5-2)16(13)19-10-9-18(3)15(11-17)12-19/h6-8,15H,4-5,9-12,17H2,1-3H3. The monoisotopic (exact) mass is 261 g/mol. The molecule has 1 aromatic carbocycles. The molecule has 1 heterocycles. The van der Waals surface area contributed by atoms with E-state index in [0.29, 0.717) is 6.04 Å². The predicted octanol–water partition coefficient (Wildman–Crippen LogP) is 1.89. The molecule has 0 aliphatic carbocycles. The van der Waals surface area contributed by atoms with Crippen molar-refractivity contribution in [2.24, 2.45) is 5.73 Å². The topological polar surface area (TPSA) is 32.5 Å². The van der Waals surface area contributed by atoms with Gasteiger partial charge >= 0.3 is 0 Å². The molecule has 0 saturated carbocycles. The third kappa shape index (κ3) is 2.93. The van der Waals surface area contributed by atoms with Gasteiger partial charge in [0, 0.05) is 37.9 Å². The van der Waals surface area contributed by atoms with Crippen molar-refractivity contribution in [2.75, 3.05) is 38.1 Å². The van der Waals surface area contributed by atoms with E-state index in [9.17, 15) is 0 Å². The summed E-state index contributed by atoms with van der Waals surface area (Å²) in [7, 11) is 2.18. The highest BCUT2D eigenvalue weighted by atomic mass is 15.3. The molecule has 3 nitrogen and oxygen atoms in total. The maximum atomic E-state index is 5.91. The molecule has 3 heteroatoms. The maximum Gasteiger partial charge on any atom is 0.0432 e. The fourth-order valence-electron chi connectivity index (χ4n) is 3.02. The average Bonchev–Trinajstić information content (AvgIpc) is 2.47. The number of anilines is 1. The smallest absolute Gasteiger partial charge is 0.0432 e. The van der Waals surface area contributed by atoms with Crippen molar-refractivity contribution in [3.05, 3.63) is 29.3 Å². The summed E-state index contributed by atoms with van der Waals surface area (Å²) in [5.41, 5.74) is 10.3. The largest absolute Gasteiger partial charge is 0.368 e. The van der Waals surface area contributed by atoms with Crippen LogP contribution in [0.1, 0.15) is 25.0 Å². The Morgan fingerprint density at radius 3 is 2.32 bits per heavy atom. The van der Waals surface area contributed by atoms with Gasteiger partial charge < -0.3 is 10.6 Å². The van der Waals surface area contributed by atoms with Gasteiger partial charge in [0.25, 0.3) is 0 Å². The molecule has 0 spiro atoms. The molecule has 0 radical (unpaired) electrons. The third-order valence-corrected chi connectivity index (χ3v) is 4.33. The first-order valence-electron chi connectivity index (χ1n) is 7.47. The van der Waals surface area contributed by atoms with Crippen LogP contribution in [0.4, 0.5) is 5.69 Å². The number of hydrogen-bond donors (Lipinski definition) is 1. The van der Waals surface area contributed by atoms with Crippen LogP contribution < -0.4 is 10.6 Å². The predicted molar refractivity (Wildman–Crippen MR) is 82.9 cm³/mol. The summed E-state index contributed by atoms with van der Waals surface area (Å²) >= 11 is 0. The summed E-state index contributed by atoms with van der Waals surface area (Å²) in [6.45, 7) is 8.49. The Morgan fingerprint density at radius 2 is 1.79 bits per heavy atom. The van der Waals surface area contributed by atoms with E-state index in [1.807, 2.05) is 0 Å². The molecule has 1 saturated heterocycles. The molecule has 106 valence electrons. The van der Waals surface area contributed by atoms with Crippen LogP contribution in [0.15, 0.2) is 18.2 Å². The lowest BCUT2D eigenvalue weighted by atomic mass is 10.0.